The molecule has 29 heavy (non-hydrogen) atoms. The zero-order valence-electron chi connectivity index (χ0n) is 17.2. The van der Waals surface area contributed by atoms with Crippen LogP contribution in [0.3, 0.4) is 0 Å². The van der Waals surface area contributed by atoms with Crippen molar-refractivity contribution in [2.45, 2.75) is 58.6 Å². The predicted molar refractivity (Wildman–Crippen MR) is 105 cm³/mol. The summed E-state index contributed by atoms with van der Waals surface area (Å²) in [5.74, 6) is -0.727. The first-order chi connectivity index (χ1) is 13.8. The molecule has 9 heteroatoms. The fraction of sp³-hybridized carbons (Fsp3) is 0.600. The molecule has 0 saturated heterocycles. The van der Waals surface area contributed by atoms with Gasteiger partial charge in [0.25, 0.3) is 11.6 Å². The summed E-state index contributed by atoms with van der Waals surface area (Å²) >= 11 is 0. The normalized spacial score (nSPS) is 19.7. The molecular formula is C20H28N2O7. The van der Waals surface area contributed by atoms with Crippen LogP contribution in [-0.4, -0.2) is 42.7 Å². The Bertz CT molecular complexity index is 765. The highest BCUT2D eigenvalue weighted by Crippen LogP contribution is 2.35. The van der Waals surface area contributed by atoms with Gasteiger partial charge in [-0.05, 0) is 32.6 Å². The molecule has 0 spiro atoms. The number of benzene rings is 1. The van der Waals surface area contributed by atoms with Crippen molar-refractivity contribution in [1.82, 2.24) is 5.32 Å². The van der Waals surface area contributed by atoms with Crippen molar-refractivity contribution >= 4 is 17.6 Å². The van der Waals surface area contributed by atoms with Crippen molar-refractivity contribution in [3.63, 3.8) is 0 Å². The summed E-state index contributed by atoms with van der Waals surface area (Å²) in [4.78, 5) is 35.7. The second-order valence-corrected chi connectivity index (χ2v) is 7.13. The molecule has 2 rings (SSSR count). The van der Waals surface area contributed by atoms with Crippen LogP contribution in [0.1, 0.15) is 56.8 Å². The molecule has 1 aliphatic carbocycles. The first-order valence-corrected chi connectivity index (χ1v) is 9.79. The van der Waals surface area contributed by atoms with Gasteiger partial charge in [0.05, 0.1) is 24.7 Å². The Morgan fingerprint density at radius 3 is 2.55 bits per heavy atom. The molecule has 0 aromatic heterocycles. The smallest absolute Gasteiger partial charge is 0.346 e. The van der Waals surface area contributed by atoms with E-state index in [9.17, 15) is 19.7 Å². The van der Waals surface area contributed by atoms with E-state index in [1.165, 1.54) is 20.1 Å². The number of ether oxygens (including phenoxy) is 3. The molecule has 1 amide bonds. The number of carbonyl (C=O) groups is 2. The lowest BCUT2D eigenvalue weighted by atomic mass is 9.86. The Kier molecular flexibility index (Phi) is 7.81. The van der Waals surface area contributed by atoms with Crippen molar-refractivity contribution in [2.75, 3.05) is 13.7 Å². The van der Waals surface area contributed by atoms with Gasteiger partial charge in [-0.3, -0.25) is 14.9 Å². The first kappa shape index (κ1) is 22.4. The molecule has 1 N–H and O–H groups in total. The average molecular weight is 408 g/mol. The summed E-state index contributed by atoms with van der Waals surface area (Å²) in [6.07, 6.45) is 3.02. The van der Waals surface area contributed by atoms with Gasteiger partial charge < -0.3 is 19.5 Å². The Hall–Kier alpha value is -2.84. The minimum absolute atomic E-state index is 0.0392. The summed E-state index contributed by atoms with van der Waals surface area (Å²) in [5.41, 5.74) is -0.784. The predicted octanol–water partition coefficient (Wildman–Crippen LogP) is 3.24. The standard InChI is InChI=1S/C20H28N2O7/c1-5-28-18-11-16(22(25)26)14(10-17(18)27-4)20(24)29-13(3)19(23)21-15-9-7-6-8-12(15)2/h10-13,15H,5-9H2,1-4H3,(H,21,23)/t12-,13-,15-/m0/s1. The van der Waals surface area contributed by atoms with Crippen LogP contribution in [-0.2, 0) is 9.53 Å². The van der Waals surface area contributed by atoms with Gasteiger partial charge in [-0.25, -0.2) is 4.79 Å². The summed E-state index contributed by atoms with van der Waals surface area (Å²) in [6.45, 7) is 5.52. The number of esters is 1. The van der Waals surface area contributed by atoms with E-state index in [0.29, 0.717) is 5.92 Å². The average Bonchev–Trinajstić information content (AvgIpc) is 2.69. The van der Waals surface area contributed by atoms with Crippen molar-refractivity contribution in [2.24, 2.45) is 5.92 Å². The molecule has 1 saturated carbocycles. The van der Waals surface area contributed by atoms with E-state index < -0.39 is 28.6 Å². The minimum atomic E-state index is -1.09. The molecule has 9 nitrogen and oxygen atoms in total. The monoisotopic (exact) mass is 408 g/mol. The fourth-order valence-electron chi connectivity index (χ4n) is 3.40. The molecule has 3 atom stereocenters. The maximum absolute atomic E-state index is 12.6. The lowest BCUT2D eigenvalue weighted by molar-refractivity contribution is -0.385. The largest absolute Gasteiger partial charge is 0.493 e. The van der Waals surface area contributed by atoms with Crippen LogP contribution in [0.25, 0.3) is 0 Å². The third kappa shape index (κ3) is 5.58. The molecule has 0 unspecified atom stereocenters. The minimum Gasteiger partial charge on any atom is -0.493 e. The number of nitrogens with one attached hydrogen (secondary N) is 1. The maximum Gasteiger partial charge on any atom is 0.346 e. The van der Waals surface area contributed by atoms with Gasteiger partial charge in [-0.2, -0.15) is 0 Å². The molecule has 0 heterocycles. The summed E-state index contributed by atoms with van der Waals surface area (Å²) in [6, 6.07) is 2.35. The van der Waals surface area contributed by atoms with Crippen molar-refractivity contribution in [3.8, 4) is 11.5 Å². The van der Waals surface area contributed by atoms with E-state index >= 15 is 0 Å². The van der Waals surface area contributed by atoms with Crippen molar-refractivity contribution in [1.29, 1.82) is 0 Å². The molecule has 1 aromatic rings. The van der Waals surface area contributed by atoms with Crippen LogP contribution in [0.5, 0.6) is 11.5 Å². The fourth-order valence-corrected chi connectivity index (χ4v) is 3.40. The van der Waals surface area contributed by atoms with Crippen LogP contribution in [0, 0.1) is 16.0 Å². The number of nitrogens with zero attached hydrogens (tertiary/aromatic N) is 1. The Labute approximate surface area is 169 Å². The number of rotatable bonds is 8. The van der Waals surface area contributed by atoms with Crippen molar-refractivity contribution in [3.05, 3.63) is 27.8 Å². The highest BCUT2D eigenvalue weighted by atomic mass is 16.6. The number of methoxy groups -OCH3 is 1. The molecular weight excluding hydrogens is 380 g/mol. The molecule has 1 aliphatic rings. The molecule has 1 fully saturated rings. The first-order valence-electron chi connectivity index (χ1n) is 9.79. The lowest BCUT2D eigenvalue weighted by Gasteiger charge is -2.30. The number of carbonyl (C=O) groups excluding carboxylic acids is 2. The quantitative estimate of drug-likeness (QED) is 0.399. The number of amides is 1. The van der Waals surface area contributed by atoms with E-state index in [1.807, 2.05) is 0 Å². The van der Waals surface area contributed by atoms with Gasteiger partial charge in [0.15, 0.2) is 17.6 Å². The van der Waals surface area contributed by atoms with E-state index in [2.05, 4.69) is 12.2 Å². The van der Waals surface area contributed by atoms with E-state index in [4.69, 9.17) is 14.2 Å². The van der Waals surface area contributed by atoms with E-state index in [-0.39, 0.29) is 29.7 Å². The van der Waals surface area contributed by atoms with Crippen LogP contribution >= 0.6 is 0 Å². The summed E-state index contributed by atoms with van der Waals surface area (Å²) < 4.78 is 15.7. The second kappa shape index (κ2) is 10.1. The van der Waals surface area contributed by atoms with E-state index in [1.54, 1.807) is 6.92 Å². The number of nitro benzene ring substituents is 1. The molecule has 1 aromatic carbocycles. The number of nitro groups is 1. The Morgan fingerprint density at radius 1 is 1.28 bits per heavy atom. The van der Waals surface area contributed by atoms with Gasteiger partial charge in [0.2, 0.25) is 0 Å². The number of hydrogen-bond acceptors (Lipinski definition) is 7. The van der Waals surface area contributed by atoms with Crippen LogP contribution in [0.4, 0.5) is 5.69 Å². The highest BCUT2D eigenvalue weighted by Gasteiger charge is 2.30. The third-order valence-electron chi connectivity index (χ3n) is 5.09. The zero-order chi connectivity index (χ0) is 21.6. The third-order valence-corrected chi connectivity index (χ3v) is 5.09. The summed E-state index contributed by atoms with van der Waals surface area (Å²) in [5, 5.41) is 14.3. The summed E-state index contributed by atoms with van der Waals surface area (Å²) in [7, 11) is 1.36. The SMILES string of the molecule is CCOc1cc([N+](=O)[O-])c(C(=O)O[C@@H](C)C(=O)N[C@H]2CCCC[C@@H]2C)cc1OC. The van der Waals surface area contributed by atoms with Crippen LogP contribution in [0.15, 0.2) is 12.1 Å². The van der Waals surface area contributed by atoms with Gasteiger partial charge >= 0.3 is 5.97 Å². The second-order valence-electron chi connectivity index (χ2n) is 7.13. The molecule has 0 aliphatic heterocycles. The van der Waals surface area contributed by atoms with Gasteiger partial charge in [0, 0.05) is 12.1 Å². The lowest BCUT2D eigenvalue weighted by Crippen LogP contribution is -2.46. The van der Waals surface area contributed by atoms with Gasteiger partial charge in [-0.1, -0.05) is 19.8 Å². The van der Waals surface area contributed by atoms with E-state index in [0.717, 1.165) is 31.7 Å². The van der Waals surface area contributed by atoms with Crippen LogP contribution in [0.2, 0.25) is 0 Å². The molecule has 0 bridgehead atoms. The highest BCUT2D eigenvalue weighted by molar-refractivity contribution is 5.96. The number of hydrogen-bond donors (Lipinski definition) is 1. The van der Waals surface area contributed by atoms with Gasteiger partial charge in [0.1, 0.15) is 5.56 Å². The van der Waals surface area contributed by atoms with Crippen molar-refractivity contribution < 1.29 is 28.7 Å². The van der Waals surface area contributed by atoms with Gasteiger partial charge in [-0.15, -0.1) is 0 Å². The topological polar surface area (TPSA) is 117 Å². The molecule has 0 radical (unpaired) electrons. The Balaban J connectivity index is 2.15. The maximum atomic E-state index is 12.6. The Morgan fingerprint density at radius 2 is 1.97 bits per heavy atom. The molecule has 160 valence electrons. The zero-order valence-corrected chi connectivity index (χ0v) is 17.2. The van der Waals surface area contributed by atoms with Crippen LogP contribution < -0.4 is 14.8 Å².